The fourth-order valence-corrected chi connectivity index (χ4v) is 8.51. The standard InChI is InChI=1S/C53H31N3O2/c1-2-13-33(14-3-1)44-31-45(37-16-10-15-36(30-37)39-20-11-21-41-40-18-6-8-22-46(40)57-51(39)41)56-53(55-44)35-26-24-34(25-27-35)50-49-42-19-7-9-23-47(42)58-52(49)48-38-17-5-4-12-32(38)28-29-43(48)54-50/h1-31H. The van der Waals surface area contributed by atoms with Gasteiger partial charge in [-0.05, 0) is 46.7 Å². The predicted octanol–water partition coefficient (Wildman–Crippen LogP) is 14.3. The number of rotatable bonds is 5. The molecule has 0 amide bonds. The summed E-state index contributed by atoms with van der Waals surface area (Å²) < 4.78 is 13.1. The molecule has 8 aromatic carbocycles. The third-order valence-electron chi connectivity index (χ3n) is 11.3. The molecule has 12 aromatic rings. The largest absolute Gasteiger partial charge is 0.455 e. The Labute approximate surface area is 332 Å². The van der Waals surface area contributed by atoms with E-state index in [1.54, 1.807) is 0 Å². The molecule has 0 saturated heterocycles. The third-order valence-corrected chi connectivity index (χ3v) is 11.3. The molecule has 0 spiro atoms. The van der Waals surface area contributed by atoms with Crippen molar-refractivity contribution in [1.82, 2.24) is 15.0 Å². The van der Waals surface area contributed by atoms with Crippen LogP contribution in [0.15, 0.2) is 197 Å². The van der Waals surface area contributed by atoms with Crippen LogP contribution in [0.3, 0.4) is 0 Å². The van der Waals surface area contributed by atoms with Crippen molar-refractivity contribution < 1.29 is 8.83 Å². The maximum atomic E-state index is 6.65. The van der Waals surface area contributed by atoms with E-state index in [2.05, 4.69) is 146 Å². The van der Waals surface area contributed by atoms with Gasteiger partial charge < -0.3 is 8.83 Å². The van der Waals surface area contributed by atoms with Gasteiger partial charge in [0.2, 0.25) is 0 Å². The molecular weight excluding hydrogens is 711 g/mol. The summed E-state index contributed by atoms with van der Waals surface area (Å²) in [6, 6.07) is 64.8. The number of aromatic nitrogens is 3. The first-order chi connectivity index (χ1) is 28.7. The molecule has 0 unspecified atom stereocenters. The highest BCUT2D eigenvalue weighted by Crippen LogP contribution is 2.42. The number of fused-ring (bicyclic) bond motifs is 10. The maximum absolute atomic E-state index is 6.65. The van der Waals surface area contributed by atoms with Crippen LogP contribution in [0, 0.1) is 0 Å². The van der Waals surface area contributed by atoms with Crippen LogP contribution < -0.4 is 0 Å². The predicted molar refractivity (Wildman–Crippen MR) is 237 cm³/mol. The monoisotopic (exact) mass is 741 g/mol. The molecule has 5 nitrogen and oxygen atoms in total. The molecule has 5 heteroatoms. The van der Waals surface area contributed by atoms with E-state index in [9.17, 15) is 0 Å². The summed E-state index contributed by atoms with van der Waals surface area (Å²) in [4.78, 5) is 15.7. The normalized spacial score (nSPS) is 11.8. The van der Waals surface area contributed by atoms with Gasteiger partial charge in [-0.3, -0.25) is 0 Å². The Bertz CT molecular complexity index is 3570. The van der Waals surface area contributed by atoms with E-state index in [0.717, 1.165) is 116 Å². The summed E-state index contributed by atoms with van der Waals surface area (Å²) in [5.74, 6) is 0.643. The van der Waals surface area contributed by atoms with Crippen LogP contribution in [-0.2, 0) is 0 Å². The molecule has 12 rings (SSSR count). The number of pyridine rings is 1. The van der Waals surface area contributed by atoms with Crippen LogP contribution >= 0.6 is 0 Å². The summed E-state index contributed by atoms with van der Waals surface area (Å²) in [5.41, 5.74) is 12.9. The first-order valence-electron chi connectivity index (χ1n) is 19.4. The second-order valence-electron chi connectivity index (χ2n) is 14.7. The molecule has 270 valence electrons. The zero-order valence-corrected chi connectivity index (χ0v) is 31.1. The quantitative estimate of drug-likeness (QED) is 0.164. The molecule has 0 bridgehead atoms. The van der Waals surface area contributed by atoms with Crippen molar-refractivity contribution >= 4 is 65.6 Å². The molecule has 0 radical (unpaired) electrons. The number of hydrogen-bond donors (Lipinski definition) is 0. The van der Waals surface area contributed by atoms with E-state index in [0.29, 0.717) is 5.82 Å². The molecule has 4 aromatic heterocycles. The van der Waals surface area contributed by atoms with Crippen LogP contribution in [0.2, 0.25) is 0 Å². The Hall–Kier alpha value is -7.89. The van der Waals surface area contributed by atoms with Gasteiger partial charge in [0.05, 0.1) is 33.4 Å². The molecule has 0 N–H and O–H groups in total. The van der Waals surface area contributed by atoms with E-state index in [1.807, 2.05) is 42.5 Å². The Morgan fingerprint density at radius 1 is 0.345 bits per heavy atom. The first kappa shape index (κ1) is 32.4. The SMILES string of the molecule is c1ccc(-c2cc(-c3cccc(-c4cccc5c4oc4ccccc45)c3)nc(-c3ccc(-c4nc5ccc6ccccc6c5c5oc6ccccc6c45)cc3)n2)cc1. The number of nitrogens with zero attached hydrogens (tertiary/aromatic N) is 3. The average molecular weight is 742 g/mol. The van der Waals surface area contributed by atoms with Crippen LogP contribution in [-0.4, -0.2) is 15.0 Å². The Balaban J connectivity index is 0.995. The summed E-state index contributed by atoms with van der Waals surface area (Å²) in [6.45, 7) is 0. The minimum absolute atomic E-state index is 0.643. The molecule has 58 heavy (non-hydrogen) atoms. The molecule has 0 aliphatic heterocycles. The zero-order valence-electron chi connectivity index (χ0n) is 31.1. The fourth-order valence-electron chi connectivity index (χ4n) is 8.51. The topological polar surface area (TPSA) is 65.0 Å². The van der Waals surface area contributed by atoms with Gasteiger partial charge in [0, 0.05) is 44.0 Å². The Kier molecular flexibility index (Phi) is 7.16. The second kappa shape index (κ2) is 12.8. The van der Waals surface area contributed by atoms with Gasteiger partial charge in [0.1, 0.15) is 22.3 Å². The highest BCUT2D eigenvalue weighted by Gasteiger charge is 2.20. The van der Waals surface area contributed by atoms with E-state index >= 15 is 0 Å². The fraction of sp³-hybridized carbons (Fsp3) is 0. The summed E-state index contributed by atoms with van der Waals surface area (Å²) >= 11 is 0. The minimum atomic E-state index is 0.643. The lowest BCUT2D eigenvalue weighted by atomic mass is 9.98. The molecule has 0 saturated carbocycles. The third kappa shape index (κ3) is 5.14. The van der Waals surface area contributed by atoms with E-state index in [4.69, 9.17) is 23.8 Å². The lowest BCUT2D eigenvalue weighted by Gasteiger charge is -2.12. The number of benzene rings is 8. The van der Waals surface area contributed by atoms with Crippen LogP contribution in [0.1, 0.15) is 0 Å². The van der Waals surface area contributed by atoms with Gasteiger partial charge in [0.25, 0.3) is 0 Å². The van der Waals surface area contributed by atoms with Crippen molar-refractivity contribution in [3.63, 3.8) is 0 Å². The van der Waals surface area contributed by atoms with Gasteiger partial charge in [-0.15, -0.1) is 0 Å². The molecule has 0 aliphatic carbocycles. The Morgan fingerprint density at radius 3 is 1.81 bits per heavy atom. The lowest BCUT2D eigenvalue weighted by molar-refractivity contribution is 0.670. The van der Waals surface area contributed by atoms with Crippen molar-refractivity contribution in [3.05, 3.63) is 188 Å². The average Bonchev–Trinajstić information content (AvgIpc) is 3.88. The van der Waals surface area contributed by atoms with Crippen molar-refractivity contribution in [2.24, 2.45) is 0 Å². The molecule has 0 atom stereocenters. The molecule has 0 fully saturated rings. The van der Waals surface area contributed by atoms with Crippen LogP contribution in [0.4, 0.5) is 0 Å². The van der Waals surface area contributed by atoms with Gasteiger partial charge in [-0.25, -0.2) is 15.0 Å². The minimum Gasteiger partial charge on any atom is -0.455 e. The summed E-state index contributed by atoms with van der Waals surface area (Å²) in [6.07, 6.45) is 0. The van der Waals surface area contributed by atoms with E-state index in [-0.39, 0.29) is 0 Å². The van der Waals surface area contributed by atoms with Crippen molar-refractivity contribution in [1.29, 1.82) is 0 Å². The summed E-state index contributed by atoms with van der Waals surface area (Å²) in [7, 11) is 0. The summed E-state index contributed by atoms with van der Waals surface area (Å²) in [5, 5.41) is 7.58. The molecule has 4 heterocycles. The highest BCUT2D eigenvalue weighted by molar-refractivity contribution is 6.25. The smallest absolute Gasteiger partial charge is 0.160 e. The van der Waals surface area contributed by atoms with E-state index in [1.165, 1.54) is 0 Å². The van der Waals surface area contributed by atoms with Crippen molar-refractivity contribution in [2.75, 3.05) is 0 Å². The number of para-hydroxylation sites is 3. The van der Waals surface area contributed by atoms with Crippen molar-refractivity contribution in [3.8, 4) is 56.3 Å². The van der Waals surface area contributed by atoms with Crippen molar-refractivity contribution in [2.45, 2.75) is 0 Å². The highest BCUT2D eigenvalue weighted by atomic mass is 16.3. The molecular formula is C53H31N3O2. The maximum Gasteiger partial charge on any atom is 0.160 e. The van der Waals surface area contributed by atoms with Gasteiger partial charge in [0.15, 0.2) is 5.82 Å². The molecule has 0 aliphatic rings. The van der Waals surface area contributed by atoms with Crippen LogP contribution in [0.5, 0.6) is 0 Å². The second-order valence-corrected chi connectivity index (χ2v) is 14.7. The van der Waals surface area contributed by atoms with Gasteiger partial charge >= 0.3 is 0 Å². The lowest BCUT2D eigenvalue weighted by Crippen LogP contribution is -1.96. The Morgan fingerprint density at radius 2 is 0.966 bits per heavy atom. The number of furan rings is 2. The van der Waals surface area contributed by atoms with Crippen LogP contribution in [0.25, 0.3) is 122 Å². The first-order valence-corrected chi connectivity index (χ1v) is 19.4. The van der Waals surface area contributed by atoms with Gasteiger partial charge in [-0.2, -0.15) is 0 Å². The van der Waals surface area contributed by atoms with E-state index < -0.39 is 0 Å². The number of hydrogen-bond acceptors (Lipinski definition) is 5. The van der Waals surface area contributed by atoms with Gasteiger partial charge in [-0.1, -0.05) is 158 Å². The zero-order chi connectivity index (χ0) is 38.2.